The second-order valence-corrected chi connectivity index (χ2v) is 5.15. The zero-order valence-corrected chi connectivity index (χ0v) is 10.7. The molecular weight excluding hydrogens is 243 g/mol. The Kier molecular flexibility index (Phi) is 3.23. The lowest BCUT2D eigenvalue weighted by molar-refractivity contribution is 0.323. The van der Waals surface area contributed by atoms with Gasteiger partial charge in [0.05, 0.1) is 5.56 Å². The fourth-order valence-electron chi connectivity index (χ4n) is 2.89. The van der Waals surface area contributed by atoms with Gasteiger partial charge in [0.1, 0.15) is 11.6 Å². The number of nitrogens with zero attached hydrogens (tertiary/aromatic N) is 1. The molecule has 4 heteroatoms. The van der Waals surface area contributed by atoms with Crippen molar-refractivity contribution in [3.05, 3.63) is 35.8 Å². The number of halogens is 1. The van der Waals surface area contributed by atoms with Crippen LogP contribution >= 0.6 is 0 Å². The summed E-state index contributed by atoms with van der Waals surface area (Å²) in [6, 6.07) is 6.43. The molecular formula is C15H17FN2O. The minimum atomic E-state index is -0.271. The third-order valence-corrected chi connectivity index (χ3v) is 3.83. The first-order chi connectivity index (χ1) is 9.25. The lowest BCUT2D eigenvalue weighted by Gasteiger charge is -2.20. The van der Waals surface area contributed by atoms with Gasteiger partial charge in [0.15, 0.2) is 5.82 Å². The molecule has 100 valence electrons. The van der Waals surface area contributed by atoms with E-state index in [1.165, 1.54) is 31.4 Å². The fourth-order valence-corrected chi connectivity index (χ4v) is 2.89. The first-order valence-electron chi connectivity index (χ1n) is 6.76. The summed E-state index contributed by atoms with van der Waals surface area (Å²) >= 11 is 0. The van der Waals surface area contributed by atoms with Crippen LogP contribution in [0.2, 0.25) is 0 Å². The van der Waals surface area contributed by atoms with Crippen molar-refractivity contribution in [3.8, 4) is 11.1 Å². The highest BCUT2D eigenvalue weighted by molar-refractivity contribution is 5.76. The van der Waals surface area contributed by atoms with Crippen molar-refractivity contribution in [2.24, 2.45) is 0 Å². The molecule has 1 fully saturated rings. The van der Waals surface area contributed by atoms with Gasteiger partial charge in [-0.1, -0.05) is 36.6 Å². The predicted molar refractivity (Wildman–Crippen MR) is 72.1 cm³/mol. The summed E-state index contributed by atoms with van der Waals surface area (Å²) in [6.45, 7) is 0. The van der Waals surface area contributed by atoms with Crippen molar-refractivity contribution in [1.29, 1.82) is 0 Å². The van der Waals surface area contributed by atoms with Gasteiger partial charge in [0.2, 0.25) is 0 Å². The molecule has 0 unspecified atom stereocenters. The maximum Gasteiger partial charge on any atom is 0.175 e. The van der Waals surface area contributed by atoms with Gasteiger partial charge in [-0.25, -0.2) is 4.39 Å². The van der Waals surface area contributed by atoms with Gasteiger partial charge in [0, 0.05) is 5.92 Å². The maximum absolute atomic E-state index is 13.4. The molecule has 3 rings (SSSR count). The molecule has 0 radical (unpaired) electrons. The Balaban J connectivity index is 2.03. The Morgan fingerprint density at radius 2 is 2.00 bits per heavy atom. The molecule has 2 N–H and O–H groups in total. The van der Waals surface area contributed by atoms with Crippen LogP contribution in [0.1, 0.15) is 43.8 Å². The molecule has 1 aliphatic carbocycles. The molecule has 0 aliphatic heterocycles. The van der Waals surface area contributed by atoms with E-state index in [9.17, 15) is 4.39 Å². The van der Waals surface area contributed by atoms with E-state index in [2.05, 4.69) is 5.16 Å². The minimum Gasteiger partial charge on any atom is -0.380 e. The van der Waals surface area contributed by atoms with Crippen LogP contribution in [-0.4, -0.2) is 5.16 Å². The first-order valence-corrected chi connectivity index (χ1v) is 6.76. The number of rotatable bonds is 2. The Morgan fingerprint density at radius 1 is 1.21 bits per heavy atom. The van der Waals surface area contributed by atoms with E-state index in [-0.39, 0.29) is 5.82 Å². The summed E-state index contributed by atoms with van der Waals surface area (Å²) in [5.74, 6) is 1.26. The van der Waals surface area contributed by atoms with Crippen molar-refractivity contribution in [2.75, 3.05) is 5.73 Å². The number of nitrogens with two attached hydrogens (primary N) is 1. The van der Waals surface area contributed by atoms with Crippen molar-refractivity contribution >= 4 is 5.82 Å². The molecule has 0 bridgehead atoms. The lowest BCUT2D eigenvalue weighted by Crippen LogP contribution is -2.05. The highest BCUT2D eigenvalue weighted by Gasteiger charge is 2.25. The molecule has 0 atom stereocenters. The lowest BCUT2D eigenvalue weighted by atomic mass is 9.85. The van der Waals surface area contributed by atoms with Gasteiger partial charge in [-0.2, -0.15) is 0 Å². The molecule has 1 aromatic carbocycles. The summed E-state index contributed by atoms with van der Waals surface area (Å²) in [5.41, 5.74) is 7.42. The number of nitrogen functional groups attached to an aromatic ring is 1. The van der Waals surface area contributed by atoms with E-state index < -0.39 is 0 Å². The summed E-state index contributed by atoms with van der Waals surface area (Å²) < 4.78 is 18.8. The van der Waals surface area contributed by atoms with Crippen molar-refractivity contribution in [1.82, 2.24) is 5.16 Å². The molecule has 3 nitrogen and oxygen atoms in total. The number of aromatic nitrogens is 1. The smallest absolute Gasteiger partial charge is 0.175 e. The molecule has 1 saturated carbocycles. The fraction of sp³-hybridized carbons (Fsp3) is 0.400. The van der Waals surface area contributed by atoms with Gasteiger partial charge in [0.25, 0.3) is 0 Å². The normalized spacial score (nSPS) is 16.7. The van der Waals surface area contributed by atoms with Crippen LogP contribution < -0.4 is 5.73 Å². The summed E-state index contributed by atoms with van der Waals surface area (Å²) in [7, 11) is 0. The van der Waals surface area contributed by atoms with Crippen molar-refractivity contribution < 1.29 is 8.91 Å². The highest BCUT2D eigenvalue weighted by atomic mass is 19.1. The Labute approximate surface area is 111 Å². The van der Waals surface area contributed by atoms with Crippen LogP contribution in [0.5, 0.6) is 0 Å². The highest BCUT2D eigenvalue weighted by Crippen LogP contribution is 2.40. The van der Waals surface area contributed by atoms with Crippen LogP contribution in [0, 0.1) is 5.82 Å². The second kappa shape index (κ2) is 5.03. The Bertz CT molecular complexity index is 573. The number of anilines is 1. The molecule has 1 heterocycles. The van der Waals surface area contributed by atoms with Gasteiger partial charge >= 0.3 is 0 Å². The summed E-state index contributed by atoms with van der Waals surface area (Å²) in [5, 5.41) is 3.88. The van der Waals surface area contributed by atoms with Crippen LogP contribution in [0.25, 0.3) is 11.1 Å². The van der Waals surface area contributed by atoms with Crippen LogP contribution in [-0.2, 0) is 0 Å². The van der Waals surface area contributed by atoms with E-state index in [1.807, 2.05) is 6.07 Å². The van der Waals surface area contributed by atoms with Crippen LogP contribution in [0.3, 0.4) is 0 Å². The largest absolute Gasteiger partial charge is 0.380 e. The Hall–Kier alpha value is -1.84. The molecule has 1 aromatic heterocycles. The second-order valence-electron chi connectivity index (χ2n) is 5.15. The first kappa shape index (κ1) is 12.2. The minimum absolute atomic E-state index is 0.271. The van der Waals surface area contributed by atoms with Gasteiger partial charge < -0.3 is 10.3 Å². The zero-order valence-electron chi connectivity index (χ0n) is 10.7. The van der Waals surface area contributed by atoms with E-state index >= 15 is 0 Å². The topological polar surface area (TPSA) is 52.0 Å². The van der Waals surface area contributed by atoms with Crippen molar-refractivity contribution in [2.45, 2.75) is 38.0 Å². The zero-order chi connectivity index (χ0) is 13.2. The molecule has 0 amide bonds. The molecule has 2 aromatic rings. The molecule has 1 aliphatic rings. The van der Waals surface area contributed by atoms with E-state index in [0.29, 0.717) is 11.7 Å². The molecule has 19 heavy (non-hydrogen) atoms. The number of hydrogen-bond acceptors (Lipinski definition) is 3. The average Bonchev–Trinajstić information content (AvgIpc) is 2.82. The van der Waals surface area contributed by atoms with Gasteiger partial charge in [-0.15, -0.1) is 0 Å². The number of hydrogen-bond donors (Lipinski definition) is 1. The van der Waals surface area contributed by atoms with E-state index in [4.69, 9.17) is 10.3 Å². The predicted octanol–water partition coefficient (Wildman–Crippen LogP) is 4.11. The summed E-state index contributed by atoms with van der Waals surface area (Å²) in [4.78, 5) is 0. The third-order valence-electron chi connectivity index (χ3n) is 3.83. The SMILES string of the molecule is Nc1noc(C2CCCCC2)c1-c1cccc(F)c1. The van der Waals surface area contributed by atoms with Gasteiger partial charge in [-0.3, -0.25) is 0 Å². The third kappa shape index (κ3) is 2.35. The van der Waals surface area contributed by atoms with Crippen molar-refractivity contribution in [3.63, 3.8) is 0 Å². The average molecular weight is 260 g/mol. The molecule has 0 saturated heterocycles. The standard InChI is InChI=1S/C15H17FN2O/c16-12-8-4-7-11(9-12)13-14(19-18-15(13)17)10-5-2-1-3-6-10/h4,7-10H,1-3,5-6H2,(H2,17,18). The number of benzene rings is 1. The van der Waals surface area contributed by atoms with Crippen LogP contribution in [0.4, 0.5) is 10.2 Å². The van der Waals surface area contributed by atoms with Crippen LogP contribution in [0.15, 0.2) is 28.8 Å². The maximum atomic E-state index is 13.4. The molecule has 0 spiro atoms. The monoisotopic (exact) mass is 260 g/mol. The Morgan fingerprint density at radius 3 is 2.74 bits per heavy atom. The van der Waals surface area contributed by atoms with E-state index in [0.717, 1.165) is 29.7 Å². The van der Waals surface area contributed by atoms with E-state index in [1.54, 1.807) is 6.07 Å². The van der Waals surface area contributed by atoms with Gasteiger partial charge in [-0.05, 0) is 30.5 Å². The summed E-state index contributed by atoms with van der Waals surface area (Å²) in [6.07, 6.45) is 5.87. The quantitative estimate of drug-likeness (QED) is 0.884.